The smallest absolute Gasteiger partial charge is 0.493 e. The SMILES string of the molecule is COc1cc(OC(F)(F)F)ccc1Oc1ccc(C(F)(F)F)c(Cl)c1C(=O)Nc1ccnc(C)c1. The van der Waals surface area contributed by atoms with Gasteiger partial charge in [-0.15, -0.1) is 13.2 Å². The first-order valence-electron chi connectivity index (χ1n) is 9.54. The molecule has 0 aliphatic carbocycles. The number of hydrogen-bond donors (Lipinski definition) is 1. The number of hydrogen-bond acceptors (Lipinski definition) is 5. The fourth-order valence-corrected chi connectivity index (χ4v) is 3.29. The van der Waals surface area contributed by atoms with E-state index >= 15 is 0 Å². The molecule has 0 spiro atoms. The number of nitrogens with zero attached hydrogens (tertiary/aromatic N) is 1. The number of methoxy groups -OCH3 is 1. The Balaban J connectivity index is 2.05. The van der Waals surface area contributed by atoms with Crippen LogP contribution in [0, 0.1) is 6.92 Å². The van der Waals surface area contributed by atoms with E-state index in [0.29, 0.717) is 11.8 Å². The molecule has 0 saturated heterocycles. The van der Waals surface area contributed by atoms with Crippen LogP contribution in [0.25, 0.3) is 0 Å². The van der Waals surface area contributed by atoms with Gasteiger partial charge in [-0.3, -0.25) is 9.78 Å². The molecule has 35 heavy (non-hydrogen) atoms. The Hall–Kier alpha value is -3.67. The number of carbonyl (C=O) groups excluding carboxylic acids is 1. The van der Waals surface area contributed by atoms with Crippen LogP contribution < -0.4 is 19.5 Å². The van der Waals surface area contributed by atoms with Crippen LogP contribution in [0.1, 0.15) is 21.6 Å². The summed E-state index contributed by atoms with van der Waals surface area (Å²) in [6.45, 7) is 1.64. The number of amides is 1. The molecule has 0 aliphatic rings. The number of halogens is 7. The normalized spacial score (nSPS) is 11.7. The fourth-order valence-electron chi connectivity index (χ4n) is 2.94. The summed E-state index contributed by atoms with van der Waals surface area (Å²) in [6, 6.07) is 7.14. The van der Waals surface area contributed by atoms with E-state index in [9.17, 15) is 31.1 Å². The highest BCUT2D eigenvalue weighted by molar-refractivity contribution is 6.35. The van der Waals surface area contributed by atoms with Gasteiger partial charge in [0.1, 0.15) is 17.1 Å². The highest BCUT2D eigenvalue weighted by atomic mass is 35.5. The van der Waals surface area contributed by atoms with Crippen molar-refractivity contribution in [3.8, 4) is 23.0 Å². The Bertz CT molecular complexity index is 1250. The minimum atomic E-state index is -4.97. The van der Waals surface area contributed by atoms with Crippen molar-refractivity contribution < 1.29 is 45.3 Å². The Morgan fingerprint density at radius 1 is 0.971 bits per heavy atom. The van der Waals surface area contributed by atoms with Gasteiger partial charge in [-0.05, 0) is 43.3 Å². The van der Waals surface area contributed by atoms with E-state index < -0.39 is 46.1 Å². The van der Waals surface area contributed by atoms with Crippen molar-refractivity contribution >= 4 is 23.2 Å². The monoisotopic (exact) mass is 520 g/mol. The van der Waals surface area contributed by atoms with Gasteiger partial charge in [0.25, 0.3) is 5.91 Å². The molecule has 0 bridgehead atoms. The fraction of sp³-hybridized carbons (Fsp3) is 0.182. The van der Waals surface area contributed by atoms with Crippen molar-refractivity contribution in [1.82, 2.24) is 4.98 Å². The van der Waals surface area contributed by atoms with Gasteiger partial charge < -0.3 is 19.5 Å². The minimum Gasteiger partial charge on any atom is -0.493 e. The number of benzene rings is 2. The van der Waals surface area contributed by atoms with Gasteiger partial charge in [-0.1, -0.05) is 11.6 Å². The molecule has 3 aromatic rings. The predicted octanol–water partition coefficient (Wildman–Crippen LogP) is 7.01. The van der Waals surface area contributed by atoms with Crippen LogP contribution in [0.2, 0.25) is 5.02 Å². The number of rotatable bonds is 6. The first-order valence-corrected chi connectivity index (χ1v) is 9.91. The second-order valence-corrected chi connectivity index (χ2v) is 7.28. The number of aryl methyl sites for hydroxylation is 1. The molecule has 0 saturated carbocycles. The molecule has 0 fully saturated rings. The maximum absolute atomic E-state index is 13.4. The zero-order valence-corrected chi connectivity index (χ0v) is 18.6. The van der Waals surface area contributed by atoms with E-state index in [2.05, 4.69) is 15.0 Å². The molecule has 13 heteroatoms. The van der Waals surface area contributed by atoms with Gasteiger partial charge >= 0.3 is 12.5 Å². The van der Waals surface area contributed by atoms with Gasteiger partial charge in [0.15, 0.2) is 11.5 Å². The van der Waals surface area contributed by atoms with E-state index in [1.54, 1.807) is 6.92 Å². The molecule has 6 nitrogen and oxygen atoms in total. The number of aromatic nitrogens is 1. The van der Waals surface area contributed by atoms with Gasteiger partial charge in [-0.25, -0.2) is 0 Å². The Morgan fingerprint density at radius 3 is 2.26 bits per heavy atom. The molecule has 186 valence electrons. The van der Waals surface area contributed by atoms with Crippen molar-refractivity contribution in [2.45, 2.75) is 19.5 Å². The molecular formula is C22H15ClF6N2O4. The highest BCUT2D eigenvalue weighted by Gasteiger charge is 2.36. The molecule has 0 aliphatic heterocycles. The standard InChI is InChI=1S/C22H15ClF6N2O4/c1-11-9-12(7-8-30-11)31-20(32)18-16(6-4-14(19(18)23)21(24,25)26)34-15-5-3-13(10-17(15)33-2)35-22(27,28)29/h3-10H,1-2H3,(H,30,31,32). The van der Waals surface area contributed by atoms with E-state index in [0.717, 1.165) is 31.4 Å². The van der Waals surface area contributed by atoms with Crippen LogP contribution in [0.15, 0.2) is 48.7 Å². The summed E-state index contributed by atoms with van der Waals surface area (Å²) in [7, 11) is 1.12. The summed E-state index contributed by atoms with van der Waals surface area (Å²) in [4.78, 5) is 16.9. The topological polar surface area (TPSA) is 69.7 Å². The lowest BCUT2D eigenvalue weighted by Gasteiger charge is -2.18. The van der Waals surface area contributed by atoms with Gasteiger partial charge in [0, 0.05) is 23.6 Å². The maximum Gasteiger partial charge on any atom is 0.573 e. The molecule has 1 aromatic heterocycles. The van der Waals surface area contributed by atoms with Gasteiger partial charge in [0.2, 0.25) is 0 Å². The van der Waals surface area contributed by atoms with Crippen LogP contribution in [0.5, 0.6) is 23.0 Å². The first-order chi connectivity index (χ1) is 16.3. The Labute approximate surface area is 199 Å². The lowest BCUT2D eigenvalue weighted by Crippen LogP contribution is -2.17. The van der Waals surface area contributed by atoms with Crippen molar-refractivity contribution in [2.75, 3.05) is 12.4 Å². The molecule has 2 aromatic carbocycles. The third-order valence-electron chi connectivity index (χ3n) is 4.38. The van der Waals surface area contributed by atoms with Crippen LogP contribution in [-0.2, 0) is 6.18 Å². The number of nitrogens with one attached hydrogen (secondary N) is 1. The van der Waals surface area contributed by atoms with Crippen LogP contribution in [-0.4, -0.2) is 24.4 Å². The summed E-state index contributed by atoms with van der Waals surface area (Å²) in [5, 5.41) is 1.49. The number of anilines is 1. The zero-order valence-electron chi connectivity index (χ0n) is 17.8. The van der Waals surface area contributed by atoms with E-state index in [-0.39, 0.29) is 17.2 Å². The third kappa shape index (κ3) is 6.47. The van der Waals surface area contributed by atoms with Crippen LogP contribution >= 0.6 is 11.6 Å². The number of ether oxygens (including phenoxy) is 3. The molecule has 0 unspecified atom stereocenters. The first kappa shape index (κ1) is 25.9. The van der Waals surface area contributed by atoms with Gasteiger partial charge in [-0.2, -0.15) is 13.2 Å². The summed E-state index contributed by atoms with van der Waals surface area (Å²) in [6.07, 6.45) is -8.47. The van der Waals surface area contributed by atoms with Crippen molar-refractivity contribution in [3.63, 3.8) is 0 Å². The predicted molar refractivity (Wildman–Crippen MR) is 113 cm³/mol. The summed E-state index contributed by atoms with van der Waals surface area (Å²) in [5.41, 5.74) is -1.19. The largest absolute Gasteiger partial charge is 0.573 e. The molecule has 1 heterocycles. The van der Waals surface area contributed by atoms with Crippen molar-refractivity contribution in [3.05, 3.63) is 70.5 Å². The average molecular weight is 521 g/mol. The summed E-state index contributed by atoms with van der Waals surface area (Å²) in [5.74, 6) is -2.53. The van der Waals surface area contributed by atoms with Crippen LogP contribution in [0.4, 0.5) is 32.0 Å². The second-order valence-electron chi connectivity index (χ2n) is 6.90. The number of alkyl halides is 6. The average Bonchev–Trinajstić information content (AvgIpc) is 2.72. The summed E-state index contributed by atoms with van der Waals surface area (Å²) >= 11 is 5.98. The molecule has 1 N–H and O–H groups in total. The lowest BCUT2D eigenvalue weighted by molar-refractivity contribution is -0.274. The molecule has 1 amide bonds. The Kier molecular flexibility index (Phi) is 7.34. The zero-order chi connectivity index (χ0) is 26.0. The highest BCUT2D eigenvalue weighted by Crippen LogP contribution is 2.43. The Morgan fingerprint density at radius 2 is 1.66 bits per heavy atom. The number of carbonyl (C=O) groups is 1. The van der Waals surface area contributed by atoms with Crippen molar-refractivity contribution in [1.29, 1.82) is 0 Å². The van der Waals surface area contributed by atoms with E-state index in [4.69, 9.17) is 21.1 Å². The lowest BCUT2D eigenvalue weighted by atomic mass is 10.1. The maximum atomic E-state index is 13.4. The molecular weight excluding hydrogens is 506 g/mol. The van der Waals surface area contributed by atoms with E-state index in [1.807, 2.05) is 0 Å². The van der Waals surface area contributed by atoms with Crippen molar-refractivity contribution in [2.24, 2.45) is 0 Å². The summed E-state index contributed by atoms with van der Waals surface area (Å²) < 4.78 is 92.2. The number of pyridine rings is 1. The molecule has 0 radical (unpaired) electrons. The third-order valence-corrected chi connectivity index (χ3v) is 4.77. The molecule has 0 atom stereocenters. The van der Waals surface area contributed by atoms with E-state index in [1.165, 1.54) is 18.3 Å². The molecule has 3 rings (SSSR count). The van der Waals surface area contributed by atoms with Gasteiger partial charge in [0.05, 0.1) is 17.7 Å². The quantitative estimate of drug-likeness (QED) is 0.354. The minimum absolute atomic E-state index is 0.216. The van der Waals surface area contributed by atoms with Crippen LogP contribution in [0.3, 0.4) is 0 Å². The second kappa shape index (κ2) is 9.90.